The molecule has 56 heavy (non-hydrogen) atoms. The molecule has 4 heterocycles. The molecule has 2 unspecified atom stereocenters. The molecule has 14 heteroatoms. The quantitative estimate of drug-likeness (QED) is 0.0650. The molecule has 0 aliphatic carbocycles. The molecule has 0 aliphatic heterocycles. The number of amides is 2. The molecule has 0 bridgehead atoms. The third-order valence-corrected chi connectivity index (χ3v) is 12.4. The Morgan fingerprint density at radius 3 is 1.34 bits per heavy atom. The first-order valence-electron chi connectivity index (χ1n) is 21.1. The molecule has 2 N–H and O–H groups in total. The van der Waals surface area contributed by atoms with Gasteiger partial charge in [0.25, 0.3) is 0 Å². The molecule has 0 saturated heterocycles. The van der Waals surface area contributed by atoms with E-state index in [4.69, 9.17) is 15.7 Å². The van der Waals surface area contributed by atoms with Gasteiger partial charge >= 0.3 is 0 Å². The first kappa shape index (κ1) is 45.2. The van der Waals surface area contributed by atoms with Crippen molar-refractivity contribution in [2.45, 2.75) is 182 Å². The zero-order valence-electron chi connectivity index (χ0n) is 35.4. The van der Waals surface area contributed by atoms with Crippen LogP contribution in [-0.4, -0.2) is 51.3 Å². The fraction of sp³-hybridized carbons (Fsp3) is 0.714. The molecule has 4 rings (SSSR count). The summed E-state index contributed by atoms with van der Waals surface area (Å²) in [6.45, 7) is 17.1. The third kappa shape index (κ3) is 12.7. The second kappa shape index (κ2) is 21.9. The van der Waals surface area contributed by atoms with Crippen LogP contribution in [0.2, 0.25) is 0 Å². The summed E-state index contributed by atoms with van der Waals surface area (Å²) in [5, 5.41) is 11.4. The third-order valence-electron chi connectivity index (χ3n) is 10.4. The van der Waals surface area contributed by atoms with E-state index in [0.29, 0.717) is 23.1 Å². The zero-order valence-corrected chi connectivity index (χ0v) is 37.1. The number of primary amides is 1. The molecule has 0 fully saturated rings. The van der Waals surface area contributed by atoms with Crippen LogP contribution in [-0.2, 0) is 20.4 Å². The van der Waals surface area contributed by atoms with Gasteiger partial charge in [0.15, 0.2) is 0 Å². The Hall–Kier alpha value is -3.52. The van der Waals surface area contributed by atoms with E-state index in [1.54, 1.807) is 26.9 Å². The van der Waals surface area contributed by atoms with Crippen molar-refractivity contribution in [2.75, 3.05) is 4.90 Å². The van der Waals surface area contributed by atoms with E-state index in [0.717, 1.165) is 59.9 Å². The lowest BCUT2D eigenvalue weighted by Gasteiger charge is -2.28. The molecule has 4 aromatic heterocycles. The fourth-order valence-corrected chi connectivity index (χ4v) is 9.66. The number of nitrogens with zero attached hydrogens (tertiary/aromatic N) is 9. The molecule has 2 amide bonds. The number of rotatable bonds is 25. The van der Waals surface area contributed by atoms with Crippen molar-refractivity contribution in [3.63, 3.8) is 0 Å². The first-order chi connectivity index (χ1) is 26.8. The predicted molar refractivity (Wildman–Crippen MR) is 229 cm³/mol. The topological polar surface area (TPSA) is 151 Å². The van der Waals surface area contributed by atoms with Crippen LogP contribution in [0.25, 0.3) is 10.0 Å². The van der Waals surface area contributed by atoms with Crippen LogP contribution in [0, 0.1) is 11.8 Å². The normalized spacial score (nSPS) is 13.3. The fourth-order valence-electron chi connectivity index (χ4n) is 7.18. The van der Waals surface area contributed by atoms with Crippen LogP contribution in [0.3, 0.4) is 0 Å². The van der Waals surface area contributed by atoms with E-state index in [-0.39, 0.29) is 16.7 Å². The smallest absolute Gasteiger partial charge is 0.239 e. The van der Waals surface area contributed by atoms with E-state index >= 15 is 4.79 Å². The highest BCUT2D eigenvalue weighted by atomic mass is 32.1. The Morgan fingerprint density at radius 2 is 1.00 bits per heavy atom. The van der Waals surface area contributed by atoms with Gasteiger partial charge in [0.05, 0.1) is 17.3 Å². The Bertz CT molecular complexity index is 1640. The summed E-state index contributed by atoms with van der Waals surface area (Å²) in [6, 6.07) is 0. The van der Waals surface area contributed by atoms with Crippen LogP contribution in [0.15, 0.2) is 25.3 Å². The second-order valence-corrected chi connectivity index (χ2v) is 19.2. The van der Waals surface area contributed by atoms with E-state index in [1.165, 1.54) is 99.5 Å². The average Bonchev–Trinajstić information content (AvgIpc) is 3.97. The Balaban J connectivity index is 1.78. The first-order valence-corrected chi connectivity index (χ1v) is 22.8. The Labute approximate surface area is 343 Å². The molecule has 0 spiro atoms. The Kier molecular flexibility index (Phi) is 17.6. The largest absolute Gasteiger partial charge is 0.369 e. The van der Waals surface area contributed by atoms with E-state index in [9.17, 15) is 4.79 Å². The van der Waals surface area contributed by atoms with Crippen LogP contribution in [0.5, 0.6) is 0 Å². The highest BCUT2D eigenvalue weighted by molar-refractivity contribution is 7.20. The number of nitrogens with two attached hydrogens (primary N) is 1. The van der Waals surface area contributed by atoms with Gasteiger partial charge in [-0.05, 0) is 12.8 Å². The summed E-state index contributed by atoms with van der Waals surface area (Å²) in [4.78, 5) is 49.5. The second-order valence-electron chi connectivity index (χ2n) is 17.3. The van der Waals surface area contributed by atoms with E-state index in [1.807, 2.05) is 0 Å². The van der Waals surface area contributed by atoms with Crippen molar-refractivity contribution in [2.24, 2.45) is 17.6 Å². The van der Waals surface area contributed by atoms with Gasteiger partial charge in [-0.15, -0.1) is 0 Å². The number of carbonyl (C=O) groups is 2. The maximum Gasteiger partial charge on any atom is 0.239 e. The van der Waals surface area contributed by atoms with Crippen molar-refractivity contribution >= 4 is 44.8 Å². The predicted octanol–water partition coefficient (Wildman–Crippen LogP) is 10.8. The number of aromatic nitrogens is 8. The van der Waals surface area contributed by atoms with Gasteiger partial charge in [0.2, 0.25) is 22.1 Å². The number of hydrogen-bond acceptors (Lipinski definition) is 10. The summed E-state index contributed by atoms with van der Waals surface area (Å²) >= 11 is 2.75. The summed E-state index contributed by atoms with van der Waals surface area (Å²) < 4.78 is 3.42. The molecule has 12 nitrogen and oxygen atoms in total. The van der Waals surface area contributed by atoms with Crippen molar-refractivity contribution in [1.82, 2.24) is 39.5 Å². The average molecular weight is 809 g/mol. The number of thiazole rings is 2. The minimum absolute atomic E-state index is 0.199. The maximum atomic E-state index is 15.6. The molecule has 2 atom stereocenters. The van der Waals surface area contributed by atoms with Gasteiger partial charge in [-0.2, -0.15) is 10.2 Å². The SMILES string of the molecule is CCCCCCCCCCC(C(N)=O)C(CCCCCCCCCC)C(=O)N(c1nc(C(C)(C)C)c(-n2cncn2)s1)c1nc(C(C)(C)C)c(-n2cncn2)s1. The minimum atomic E-state index is -0.634. The highest BCUT2D eigenvalue weighted by Crippen LogP contribution is 2.44. The number of anilines is 2. The van der Waals surface area contributed by atoms with Gasteiger partial charge in [-0.3, -0.25) is 9.59 Å². The number of carbonyl (C=O) groups excluding carboxylic acids is 2. The molecule has 0 aromatic carbocycles. The van der Waals surface area contributed by atoms with Crippen molar-refractivity contribution < 1.29 is 9.59 Å². The van der Waals surface area contributed by atoms with E-state index < -0.39 is 17.7 Å². The minimum Gasteiger partial charge on any atom is -0.369 e. The van der Waals surface area contributed by atoms with Gasteiger partial charge in [0, 0.05) is 16.7 Å². The van der Waals surface area contributed by atoms with Crippen LogP contribution in [0.4, 0.5) is 10.3 Å². The monoisotopic (exact) mass is 808 g/mol. The van der Waals surface area contributed by atoms with Crippen molar-refractivity contribution in [1.29, 1.82) is 0 Å². The summed E-state index contributed by atoms with van der Waals surface area (Å²) in [5.41, 5.74) is 7.10. The van der Waals surface area contributed by atoms with Gasteiger partial charge in [-0.25, -0.2) is 34.2 Å². The zero-order chi connectivity index (χ0) is 40.7. The van der Waals surface area contributed by atoms with Crippen molar-refractivity contribution in [3.8, 4) is 10.0 Å². The molecule has 0 radical (unpaired) electrons. The van der Waals surface area contributed by atoms with Gasteiger partial charge in [0.1, 0.15) is 35.3 Å². The van der Waals surface area contributed by atoms with E-state index in [2.05, 4.69) is 75.6 Å². The molecule has 310 valence electrons. The lowest BCUT2D eigenvalue weighted by Crippen LogP contribution is -2.41. The highest BCUT2D eigenvalue weighted by Gasteiger charge is 2.40. The molecule has 4 aromatic rings. The lowest BCUT2D eigenvalue weighted by molar-refractivity contribution is -0.132. The molecular formula is C42H68N10O2S2. The van der Waals surface area contributed by atoms with Gasteiger partial charge < -0.3 is 5.73 Å². The number of hydrogen-bond donors (Lipinski definition) is 1. The maximum absolute atomic E-state index is 15.6. The number of unbranched alkanes of at least 4 members (excludes halogenated alkanes) is 14. The van der Waals surface area contributed by atoms with Crippen LogP contribution in [0.1, 0.15) is 182 Å². The molecule has 0 saturated carbocycles. The lowest BCUT2D eigenvalue weighted by atomic mass is 9.82. The summed E-state index contributed by atoms with van der Waals surface area (Å²) in [5.74, 6) is -1.86. The van der Waals surface area contributed by atoms with Crippen LogP contribution < -0.4 is 10.6 Å². The van der Waals surface area contributed by atoms with Crippen LogP contribution >= 0.6 is 22.7 Å². The van der Waals surface area contributed by atoms with Gasteiger partial charge in [-0.1, -0.05) is 181 Å². The standard InChI is InChI=1S/C42H68N10O2S2/c1-9-11-13-15-17-19-21-23-25-31(35(43)53)32(26-24-22-20-18-16-14-12-10-2)36(54)52(39-48-33(41(3,4)5)37(55-39)50-29-44-27-46-50)40-49-34(42(6,7)8)38(56-40)51-30-45-28-47-51/h27-32H,9-26H2,1-8H3,(H2,43,53). The summed E-state index contributed by atoms with van der Waals surface area (Å²) in [7, 11) is 0. The van der Waals surface area contributed by atoms with Crippen molar-refractivity contribution in [3.05, 3.63) is 36.7 Å². The molecular weight excluding hydrogens is 741 g/mol. The molecule has 0 aliphatic rings. The summed E-state index contributed by atoms with van der Waals surface area (Å²) in [6.07, 6.45) is 25.8. The Morgan fingerprint density at radius 1 is 0.625 bits per heavy atom.